The van der Waals surface area contributed by atoms with E-state index in [2.05, 4.69) is 20.4 Å². The maximum Gasteiger partial charge on any atom is 0.333 e. The van der Waals surface area contributed by atoms with Crippen LogP contribution in [0.3, 0.4) is 0 Å². The molecule has 2 N–H and O–H groups in total. The number of unbranched alkanes of at least 4 members (excludes halogenated alkanes) is 1. The van der Waals surface area contributed by atoms with E-state index in [0.29, 0.717) is 12.3 Å². The van der Waals surface area contributed by atoms with E-state index < -0.39 is 11.9 Å². The molecule has 0 aliphatic rings. The fourth-order valence-electron chi connectivity index (χ4n) is 1.84. The highest BCUT2D eigenvalue weighted by Crippen LogP contribution is 2.18. The molecule has 5 heteroatoms. The van der Waals surface area contributed by atoms with Gasteiger partial charge in [0.1, 0.15) is 0 Å². The number of ether oxygens (including phenoxy) is 1. The van der Waals surface area contributed by atoms with E-state index >= 15 is 0 Å². The van der Waals surface area contributed by atoms with Crippen LogP contribution in [0.25, 0.3) is 0 Å². The van der Waals surface area contributed by atoms with E-state index in [4.69, 9.17) is 14.9 Å². The third-order valence-corrected chi connectivity index (χ3v) is 3.35. The van der Waals surface area contributed by atoms with Crippen LogP contribution in [-0.2, 0) is 14.3 Å². The summed E-state index contributed by atoms with van der Waals surface area (Å²) in [7, 11) is 0. The first-order chi connectivity index (χ1) is 9.92. The molecule has 0 amide bonds. The van der Waals surface area contributed by atoms with Crippen molar-refractivity contribution in [2.45, 2.75) is 46.0 Å². The van der Waals surface area contributed by atoms with Crippen LogP contribution in [0.2, 0.25) is 0 Å². The molecule has 0 aromatic heterocycles. The van der Waals surface area contributed by atoms with Gasteiger partial charge in [0, 0.05) is 0 Å². The van der Waals surface area contributed by atoms with Crippen LogP contribution in [-0.4, -0.2) is 35.4 Å². The summed E-state index contributed by atoms with van der Waals surface area (Å²) < 4.78 is 5.10. The molecular formula is C16H26O5. The molecule has 0 spiro atoms. The molecule has 1 atom stereocenters. The number of rotatable bonds is 12. The minimum Gasteiger partial charge on any atom is -0.478 e. The molecule has 0 aliphatic carbocycles. The molecular weight excluding hydrogens is 272 g/mol. The van der Waals surface area contributed by atoms with Crippen molar-refractivity contribution < 1.29 is 24.5 Å². The largest absolute Gasteiger partial charge is 0.478 e. The third-order valence-electron chi connectivity index (χ3n) is 3.35. The van der Waals surface area contributed by atoms with Crippen molar-refractivity contribution in [2.24, 2.45) is 5.92 Å². The van der Waals surface area contributed by atoms with Crippen LogP contribution in [0, 0.1) is 5.92 Å². The number of carbonyl (C=O) groups is 2. The molecule has 0 bridgehead atoms. The quantitative estimate of drug-likeness (QED) is 0.540. The van der Waals surface area contributed by atoms with E-state index in [9.17, 15) is 9.59 Å². The Morgan fingerprint density at radius 3 is 2.33 bits per heavy atom. The average Bonchev–Trinajstić information content (AvgIpc) is 2.44. The van der Waals surface area contributed by atoms with E-state index in [0.717, 1.165) is 25.7 Å². The lowest BCUT2D eigenvalue weighted by atomic mass is 9.95. The van der Waals surface area contributed by atoms with Crippen molar-refractivity contribution in [3.05, 3.63) is 23.8 Å². The Labute approximate surface area is 126 Å². The Morgan fingerprint density at radius 1 is 1.19 bits per heavy atom. The number of hydrogen-bond acceptors (Lipinski definition) is 3. The predicted octanol–water partition coefficient (Wildman–Crippen LogP) is 3.26. The van der Waals surface area contributed by atoms with E-state index in [1.165, 1.54) is 0 Å². The molecule has 0 rings (SSSR count). The Morgan fingerprint density at radius 2 is 1.86 bits per heavy atom. The predicted molar refractivity (Wildman–Crippen MR) is 81.2 cm³/mol. The fourth-order valence-corrected chi connectivity index (χ4v) is 1.84. The number of hydrogen-bond donors (Lipinski definition) is 2. The number of carboxylic acids is 2. The summed E-state index contributed by atoms with van der Waals surface area (Å²) >= 11 is 0. The van der Waals surface area contributed by atoms with Crippen molar-refractivity contribution in [1.29, 1.82) is 0 Å². The topological polar surface area (TPSA) is 83.8 Å². The zero-order valence-corrected chi connectivity index (χ0v) is 12.9. The molecule has 1 unspecified atom stereocenters. The standard InChI is InChI=1S/C16H26O5/c1-4-6-7-13(5-2)8-9-14(16(19)20)11-21-10-12(3)15(17)18/h9,13H,3-8,10-11H2,1-2H3,(H,17,18)(H,19,20)/b14-9-. The number of allylic oxidation sites excluding steroid dienone is 1. The van der Waals surface area contributed by atoms with Gasteiger partial charge < -0.3 is 14.9 Å². The summed E-state index contributed by atoms with van der Waals surface area (Å²) in [5.41, 5.74) is 0.0808. The molecule has 0 heterocycles. The van der Waals surface area contributed by atoms with Gasteiger partial charge in [-0.1, -0.05) is 52.2 Å². The molecule has 5 nitrogen and oxygen atoms in total. The highest BCUT2D eigenvalue weighted by molar-refractivity contribution is 5.87. The summed E-state index contributed by atoms with van der Waals surface area (Å²) in [6.07, 6.45) is 6.78. The van der Waals surface area contributed by atoms with Crippen molar-refractivity contribution in [1.82, 2.24) is 0 Å². The summed E-state index contributed by atoms with van der Waals surface area (Å²) in [4.78, 5) is 21.7. The van der Waals surface area contributed by atoms with Crippen molar-refractivity contribution in [3.8, 4) is 0 Å². The molecule has 0 radical (unpaired) electrons. The zero-order valence-electron chi connectivity index (χ0n) is 12.9. The van der Waals surface area contributed by atoms with Gasteiger partial charge in [0.2, 0.25) is 0 Å². The molecule has 21 heavy (non-hydrogen) atoms. The molecule has 0 aromatic carbocycles. The Bertz CT molecular complexity index is 384. The van der Waals surface area contributed by atoms with Crippen LogP contribution in [0.1, 0.15) is 46.0 Å². The van der Waals surface area contributed by atoms with Crippen LogP contribution in [0.15, 0.2) is 23.8 Å². The monoisotopic (exact) mass is 298 g/mol. The maximum atomic E-state index is 11.1. The first-order valence-corrected chi connectivity index (χ1v) is 7.33. The second kappa shape index (κ2) is 11.1. The van der Waals surface area contributed by atoms with Gasteiger partial charge in [-0.05, 0) is 12.3 Å². The van der Waals surface area contributed by atoms with Gasteiger partial charge in [0.05, 0.1) is 24.4 Å². The first kappa shape index (κ1) is 19.4. The number of carboxylic acid groups (broad SMARTS) is 2. The van der Waals surface area contributed by atoms with E-state index in [1.807, 2.05) is 0 Å². The van der Waals surface area contributed by atoms with Gasteiger partial charge in [0.15, 0.2) is 0 Å². The van der Waals surface area contributed by atoms with Crippen molar-refractivity contribution >= 4 is 11.9 Å². The second-order valence-corrected chi connectivity index (χ2v) is 5.09. The highest BCUT2D eigenvalue weighted by atomic mass is 16.5. The molecule has 0 fully saturated rings. The van der Waals surface area contributed by atoms with Crippen LogP contribution < -0.4 is 0 Å². The molecule has 0 saturated carbocycles. The Balaban J connectivity index is 4.39. The van der Waals surface area contributed by atoms with Gasteiger partial charge in [-0.2, -0.15) is 0 Å². The minimum atomic E-state index is -1.14. The minimum absolute atomic E-state index is 0.0888. The van der Waals surface area contributed by atoms with Gasteiger partial charge >= 0.3 is 11.9 Å². The van der Waals surface area contributed by atoms with Gasteiger partial charge in [0.25, 0.3) is 0 Å². The van der Waals surface area contributed by atoms with Crippen molar-refractivity contribution in [2.75, 3.05) is 13.2 Å². The van der Waals surface area contributed by atoms with E-state index in [-0.39, 0.29) is 24.4 Å². The maximum absolute atomic E-state index is 11.1. The van der Waals surface area contributed by atoms with Crippen LogP contribution in [0.5, 0.6) is 0 Å². The van der Waals surface area contributed by atoms with Gasteiger partial charge in [-0.15, -0.1) is 0 Å². The third kappa shape index (κ3) is 9.02. The zero-order chi connectivity index (χ0) is 16.3. The van der Waals surface area contributed by atoms with Gasteiger partial charge in [-0.25, -0.2) is 9.59 Å². The lowest BCUT2D eigenvalue weighted by Crippen LogP contribution is -2.13. The normalized spacial score (nSPS) is 13.0. The van der Waals surface area contributed by atoms with Crippen LogP contribution >= 0.6 is 0 Å². The summed E-state index contributed by atoms with van der Waals surface area (Å²) in [6, 6.07) is 0. The molecule has 0 aromatic rings. The fraction of sp³-hybridized carbons (Fsp3) is 0.625. The first-order valence-electron chi connectivity index (χ1n) is 7.33. The Hall–Kier alpha value is -1.62. The molecule has 0 saturated heterocycles. The summed E-state index contributed by atoms with van der Waals surface area (Å²) in [6.45, 7) is 7.28. The smallest absolute Gasteiger partial charge is 0.333 e. The number of aliphatic carboxylic acids is 2. The van der Waals surface area contributed by atoms with E-state index in [1.54, 1.807) is 6.08 Å². The van der Waals surface area contributed by atoms with Gasteiger partial charge in [-0.3, -0.25) is 0 Å². The molecule has 0 aliphatic heterocycles. The van der Waals surface area contributed by atoms with Crippen molar-refractivity contribution in [3.63, 3.8) is 0 Å². The highest BCUT2D eigenvalue weighted by Gasteiger charge is 2.11. The molecule has 120 valence electrons. The Kier molecular flexibility index (Phi) is 10.2. The lowest BCUT2D eigenvalue weighted by molar-refractivity contribution is -0.133. The lowest BCUT2D eigenvalue weighted by Gasteiger charge is -2.12. The second-order valence-electron chi connectivity index (χ2n) is 5.09. The average molecular weight is 298 g/mol. The van der Waals surface area contributed by atoms with Crippen LogP contribution in [0.4, 0.5) is 0 Å². The summed E-state index contributed by atoms with van der Waals surface area (Å²) in [5.74, 6) is -1.68. The SMILES string of the molecule is C=C(COC/C(=C/CC(CC)CCCC)C(=O)O)C(=O)O. The summed E-state index contributed by atoms with van der Waals surface area (Å²) in [5, 5.41) is 17.8.